The van der Waals surface area contributed by atoms with Crippen molar-refractivity contribution in [2.75, 3.05) is 10.7 Å². The van der Waals surface area contributed by atoms with E-state index in [1.165, 1.54) is 185 Å². The highest BCUT2D eigenvalue weighted by Gasteiger charge is 2.12. The Kier molecular flexibility index (Phi) is 21.8. The van der Waals surface area contributed by atoms with E-state index >= 15 is 0 Å². The van der Waals surface area contributed by atoms with Crippen LogP contribution in [0.4, 0.5) is 0 Å². The van der Waals surface area contributed by atoms with Crippen molar-refractivity contribution in [2.45, 2.75) is 130 Å². The summed E-state index contributed by atoms with van der Waals surface area (Å²) in [4.78, 5) is 0. The number of halogens is 4. The number of rotatable bonds is 16. The van der Waals surface area contributed by atoms with Gasteiger partial charge in [-0.1, -0.05) is 237 Å². The third kappa shape index (κ3) is 13.5. The van der Waals surface area contributed by atoms with Gasteiger partial charge >= 0.3 is 0 Å². The summed E-state index contributed by atoms with van der Waals surface area (Å²) in [5, 5.41) is 21.1. The molecule has 12 bridgehead atoms. The highest BCUT2D eigenvalue weighted by Crippen LogP contribution is 2.36. The fourth-order valence-corrected chi connectivity index (χ4v) is 11.0. The van der Waals surface area contributed by atoms with Crippen LogP contribution in [0, 0.1) is 0 Å². The molecule has 0 fully saturated rings. The summed E-state index contributed by atoms with van der Waals surface area (Å²) in [5.41, 5.74) is 6.09. The normalized spacial score (nSPS) is 11.2. The molecule has 0 N–H and O–H groups in total. The number of hydrogen-bond acceptors (Lipinski definition) is 0. The fourth-order valence-electron chi connectivity index (χ4n) is 11.0. The summed E-state index contributed by atoms with van der Waals surface area (Å²) in [6.45, 7) is 9.29. The summed E-state index contributed by atoms with van der Waals surface area (Å²) in [5.74, 6) is 0. The summed E-state index contributed by atoms with van der Waals surface area (Å²) >= 11 is 19.1. The topological polar surface area (TPSA) is 0 Å². The molecule has 72 heavy (non-hydrogen) atoms. The van der Waals surface area contributed by atoms with Crippen molar-refractivity contribution in [3.05, 3.63) is 180 Å². The van der Waals surface area contributed by atoms with Crippen LogP contribution in [0.5, 0.6) is 0 Å². The van der Waals surface area contributed by atoms with Crippen LogP contribution >= 0.6 is 46.4 Å². The van der Waals surface area contributed by atoms with Crippen LogP contribution in [0.15, 0.2) is 158 Å². The van der Waals surface area contributed by atoms with E-state index in [9.17, 15) is 0 Å². The predicted octanol–water partition coefficient (Wildman–Crippen LogP) is 22.9. The first kappa shape index (κ1) is 54.9. The molecular formula is C68H74Cl4. The first-order valence-corrected chi connectivity index (χ1v) is 29.0. The Morgan fingerprint density at radius 2 is 0.417 bits per heavy atom. The average Bonchev–Trinajstić information content (AvgIpc) is 3.42. The maximum absolute atomic E-state index is 4.76. The van der Waals surface area contributed by atoms with E-state index in [-0.39, 0.29) is 10.7 Å². The number of hydrogen-bond donors (Lipinski definition) is 0. The molecule has 0 amide bonds. The lowest BCUT2D eigenvalue weighted by atomic mass is 9.91. The molecule has 15 aromatic carbocycles. The van der Waals surface area contributed by atoms with Crippen molar-refractivity contribution in [1.29, 1.82) is 0 Å². The molecular weight excluding hydrogens is 959 g/mol. The van der Waals surface area contributed by atoms with Crippen molar-refractivity contribution in [3.8, 4) is 0 Å². The van der Waals surface area contributed by atoms with Gasteiger partial charge in [0.1, 0.15) is 0 Å². The van der Waals surface area contributed by atoms with Gasteiger partial charge in [-0.15, -0.1) is 46.4 Å². The fraction of sp³-hybridized carbons (Fsp3) is 0.324. The van der Waals surface area contributed by atoms with Crippen molar-refractivity contribution < 1.29 is 0 Å². The maximum atomic E-state index is 4.76. The quantitative estimate of drug-likeness (QED) is 0.0668. The van der Waals surface area contributed by atoms with Crippen LogP contribution in [-0.4, -0.2) is 10.7 Å². The van der Waals surface area contributed by atoms with Crippen molar-refractivity contribution in [1.82, 2.24) is 0 Å². The van der Waals surface area contributed by atoms with Gasteiger partial charge < -0.3 is 0 Å². The van der Waals surface area contributed by atoms with Gasteiger partial charge in [-0.05, 0) is 160 Å². The van der Waals surface area contributed by atoms with Gasteiger partial charge in [0.05, 0.1) is 10.7 Å². The molecule has 0 radical (unpaired) electrons. The first-order valence-electron chi connectivity index (χ1n) is 26.9. The molecule has 0 saturated heterocycles. The molecule has 0 heterocycles. The lowest BCUT2D eigenvalue weighted by molar-refractivity contribution is 0.698. The molecule has 15 aromatic rings. The second kappa shape index (κ2) is 28.6. The standard InChI is InChI=1S/C66H70.2CH2Cl2/c1-5-9-13-19-57-47-27-35-51(36-28-47)61-23-17-25-63-53-39-31-49(32-40-53)59(21-15-11-7-3)60(22-16-12-8-4)50-33-41-54(42-34-50)64-26-18-24-62(66(64)56-45-43-55(44-46-56)65(61)63)52-37-29-48(30-38-52)58(57)20-14-10-6-2;2*2-1-3/h17-18,23-46H,5-16,19-22H2,1-4H3;2*1H2. The molecule has 0 spiro atoms. The Balaban J connectivity index is 0.00000121. The van der Waals surface area contributed by atoms with E-state index in [0.29, 0.717) is 0 Å². The zero-order chi connectivity index (χ0) is 50.7. The summed E-state index contributed by atoms with van der Waals surface area (Å²) in [6, 6.07) is 62.2. The third-order valence-electron chi connectivity index (χ3n) is 14.6. The van der Waals surface area contributed by atoms with Gasteiger partial charge in [0.15, 0.2) is 0 Å². The monoisotopic (exact) mass is 1030 g/mol. The van der Waals surface area contributed by atoms with E-state index in [1.54, 1.807) is 0 Å². The Hall–Kier alpha value is -4.82. The predicted molar refractivity (Wildman–Crippen MR) is 328 cm³/mol. The average molecular weight is 1030 g/mol. The highest BCUT2D eigenvalue weighted by atomic mass is 35.5. The summed E-state index contributed by atoms with van der Waals surface area (Å²) < 4.78 is 0. The van der Waals surface area contributed by atoms with Gasteiger partial charge in [-0.25, -0.2) is 0 Å². The van der Waals surface area contributed by atoms with E-state index in [4.69, 9.17) is 46.4 Å². The third-order valence-corrected chi connectivity index (χ3v) is 14.6. The van der Waals surface area contributed by atoms with Gasteiger partial charge in [0, 0.05) is 0 Å². The molecule has 4 heteroatoms. The second-order valence-electron chi connectivity index (χ2n) is 19.3. The minimum absolute atomic E-state index is 0.194. The molecule has 374 valence electrons. The van der Waals surface area contributed by atoms with Crippen molar-refractivity contribution >= 4 is 133 Å². The van der Waals surface area contributed by atoms with Crippen molar-refractivity contribution in [3.63, 3.8) is 0 Å². The molecule has 0 aromatic heterocycles. The Morgan fingerprint density at radius 1 is 0.236 bits per heavy atom. The van der Waals surface area contributed by atoms with Gasteiger partial charge in [0.2, 0.25) is 0 Å². The van der Waals surface area contributed by atoms with Crippen LogP contribution < -0.4 is 0 Å². The molecule has 0 atom stereocenters. The minimum Gasteiger partial charge on any atom is -0.109 e. The number of aryl methyl sites for hydroxylation is 4. The van der Waals surface area contributed by atoms with Crippen molar-refractivity contribution in [2.24, 2.45) is 0 Å². The molecule has 15 rings (SSSR count). The molecule has 0 aliphatic rings. The summed E-state index contributed by atoms with van der Waals surface area (Å²) in [6.07, 6.45) is 19.1. The van der Waals surface area contributed by atoms with Gasteiger partial charge in [0.25, 0.3) is 0 Å². The van der Waals surface area contributed by atoms with Crippen LogP contribution in [0.3, 0.4) is 0 Å². The van der Waals surface area contributed by atoms with Crippen LogP contribution in [0.1, 0.15) is 127 Å². The Morgan fingerprint density at radius 3 is 0.611 bits per heavy atom. The molecule has 0 nitrogen and oxygen atoms in total. The highest BCUT2D eigenvalue weighted by molar-refractivity contribution is 6.41. The van der Waals surface area contributed by atoms with Gasteiger partial charge in [-0.2, -0.15) is 0 Å². The minimum atomic E-state index is 0.194. The van der Waals surface area contributed by atoms with E-state index in [1.807, 2.05) is 0 Å². The number of alkyl halides is 4. The Labute approximate surface area is 450 Å². The summed E-state index contributed by atoms with van der Waals surface area (Å²) in [7, 11) is 0. The largest absolute Gasteiger partial charge is 0.109 e. The van der Waals surface area contributed by atoms with Gasteiger partial charge in [-0.3, -0.25) is 0 Å². The zero-order valence-corrected chi connectivity index (χ0v) is 46.3. The molecule has 0 aliphatic carbocycles. The number of fused-ring (bicyclic) bond motifs is 4. The van der Waals surface area contributed by atoms with E-state index < -0.39 is 0 Å². The van der Waals surface area contributed by atoms with Crippen LogP contribution in [-0.2, 0) is 25.7 Å². The van der Waals surface area contributed by atoms with Crippen LogP contribution in [0.25, 0.3) is 86.2 Å². The first-order chi connectivity index (χ1) is 35.4. The van der Waals surface area contributed by atoms with E-state index in [2.05, 4.69) is 185 Å². The second-order valence-corrected chi connectivity index (χ2v) is 20.9. The SMILES string of the molecule is CCCCCc1c(CCCCC)c2ccc(cc2)c2cccc3c4ccc(cc4)c(CCCCC)c(CCCCC)c4ccc(cc4)c4cccc(c5ccc1cc5)c4c1ccc(cc1)c23.ClCCl.ClCCl. The van der Waals surface area contributed by atoms with Crippen LogP contribution in [0.2, 0.25) is 0 Å². The maximum Gasteiger partial charge on any atom is 0.0967 e. The van der Waals surface area contributed by atoms with E-state index in [0.717, 1.165) is 25.7 Å². The smallest absolute Gasteiger partial charge is 0.0967 e. The lowest BCUT2D eigenvalue weighted by Gasteiger charge is -2.13. The number of benzene rings is 7. The molecule has 0 saturated carbocycles. The molecule has 0 unspecified atom stereocenters. The Bertz CT molecular complexity index is 2850. The lowest BCUT2D eigenvalue weighted by Crippen LogP contribution is -1.96. The zero-order valence-electron chi connectivity index (χ0n) is 43.3. The molecule has 0 aliphatic heterocycles. The number of unbranched alkanes of at least 4 members (excludes halogenated alkanes) is 8.